The first kappa shape index (κ1) is 21.7. The van der Waals surface area contributed by atoms with Crippen LogP contribution in [-0.4, -0.2) is 29.3 Å². The summed E-state index contributed by atoms with van der Waals surface area (Å²) in [6, 6.07) is 13.8. The van der Waals surface area contributed by atoms with Crippen LogP contribution in [0.2, 0.25) is 5.02 Å². The van der Waals surface area contributed by atoms with Gasteiger partial charge in [-0.25, -0.2) is 0 Å². The lowest BCUT2D eigenvalue weighted by Gasteiger charge is -2.27. The number of benzene rings is 2. The molecular weight excluding hydrogens is 424 g/mol. The number of aliphatic hydroxyl groups is 1. The van der Waals surface area contributed by atoms with Crippen LogP contribution in [0.3, 0.4) is 0 Å². The molecule has 2 N–H and O–H groups in total. The van der Waals surface area contributed by atoms with Gasteiger partial charge in [-0.2, -0.15) is 0 Å². The molecule has 3 aromatic rings. The van der Waals surface area contributed by atoms with Crippen molar-refractivity contribution in [2.75, 3.05) is 18.1 Å². The van der Waals surface area contributed by atoms with E-state index in [1.54, 1.807) is 0 Å². The summed E-state index contributed by atoms with van der Waals surface area (Å²) in [6.45, 7) is 4.78. The van der Waals surface area contributed by atoms with Crippen molar-refractivity contribution in [2.24, 2.45) is 0 Å². The predicted molar refractivity (Wildman–Crippen MR) is 126 cm³/mol. The number of amides is 1. The molecular formula is C22H23ClN2O2S2. The number of aryl methyl sites for hydroxylation is 2. The molecule has 152 valence electrons. The molecule has 0 radical (unpaired) electrons. The SMILES string of the molecule is Cc1ccc(N(CCCCO)C(=S)NC(=O)c2sc3ccccc3c2Cl)c(C)c1. The zero-order valence-corrected chi connectivity index (χ0v) is 18.8. The van der Waals surface area contributed by atoms with Crippen molar-refractivity contribution in [3.8, 4) is 0 Å². The van der Waals surface area contributed by atoms with Crippen LogP contribution in [0.1, 0.15) is 33.6 Å². The molecule has 1 amide bonds. The molecule has 29 heavy (non-hydrogen) atoms. The normalized spacial score (nSPS) is 10.9. The first-order valence-electron chi connectivity index (χ1n) is 9.40. The van der Waals surface area contributed by atoms with E-state index in [1.165, 1.54) is 11.3 Å². The van der Waals surface area contributed by atoms with E-state index in [0.717, 1.165) is 33.3 Å². The molecule has 0 fully saturated rings. The second-order valence-electron chi connectivity index (χ2n) is 6.87. The Labute approximate surface area is 185 Å². The van der Waals surface area contributed by atoms with Gasteiger partial charge in [0, 0.05) is 28.9 Å². The fraction of sp³-hybridized carbons (Fsp3) is 0.273. The van der Waals surface area contributed by atoms with Gasteiger partial charge in [-0.3, -0.25) is 10.1 Å². The molecule has 0 atom stereocenters. The molecule has 0 unspecified atom stereocenters. The molecule has 7 heteroatoms. The smallest absolute Gasteiger partial charge is 0.269 e. The van der Waals surface area contributed by atoms with Crippen LogP contribution in [0.15, 0.2) is 42.5 Å². The van der Waals surface area contributed by atoms with Gasteiger partial charge in [0.1, 0.15) is 4.88 Å². The van der Waals surface area contributed by atoms with Crippen molar-refractivity contribution in [1.29, 1.82) is 0 Å². The van der Waals surface area contributed by atoms with Crippen LogP contribution >= 0.6 is 35.2 Å². The monoisotopic (exact) mass is 446 g/mol. The molecule has 1 heterocycles. The minimum absolute atomic E-state index is 0.122. The van der Waals surface area contributed by atoms with E-state index in [1.807, 2.05) is 55.1 Å². The quantitative estimate of drug-likeness (QED) is 0.389. The van der Waals surface area contributed by atoms with Gasteiger partial charge in [-0.1, -0.05) is 47.5 Å². The lowest BCUT2D eigenvalue weighted by atomic mass is 10.1. The number of halogens is 1. The first-order chi connectivity index (χ1) is 13.9. The van der Waals surface area contributed by atoms with Gasteiger partial charge < -0.3 is 10.0 Å². The van der Waals surface area contributed by atoms with E-state index in [2.05, 4.69) is 11.4 Å². The van der Waals surface area contributed by atoms with E-state index >= 15 is 0 Å². The predicted octanol–water partition coefficient (Wildman–Crippen LogP) is 5.47. The third-order valence-electron chi connectivity index (χ3n) is 4.64. The molecule has 0 bridgehead atoms. The number of rotatable bonds is 6. The van der Waals surface area contributed by atoms with E-state index in [9.17, 15) is 4.79 Å². The molecule has 0 aliphatic carbocycles. The molecule has 4 nitrogen and oxygen atoms in total. The highest BCUT2D eigenvalue weighted by Gasteiger charge is 2.21. The molecule has 0 aliphatic rings. The summed E-state index contributed by atoms with van der Waals surface area (Å²) in [5.41, 5.74) is 3.18. The number of anilines is 1. The number of nitrogens with zero attached hydrogens (tertiary/aromatic N) is 1. The number of aliphatic hydroxyl groups excluding tert-OH is 1. The van der Waals surface area contributed by atoms with Gasteiger partial charge in [-0.05, 0) is 56.6 Å². The summed E-state index contributed by atoms with van der Waals surface area (Å²) >= 11 is 13.4. The fourth-order valence-corrected chi connectivity index (χ4v) is 4.90. The molecule has 1 aromatic heterocycles. The van der Waals surface area contributed by atoms with E-state index in [-0.39, 0.29) is 12.5 Å². The lowest BCUT2D eigenvalue weighted by Crippen LogP contribution is -2.43. The zero-order valence-electron chi connectivity index (χ0n) is 16.4. The maximum absolute atomic E-state index is 12.9. The Morgan fingerprint density at radius 1 is 1.21 bits per heavy atom. The van der Waals surface area contributed by atoms with Crippen molar-refractivity contribution in [1.82, 2.24) is 5.32 Å². The minimum Gasteiger partial charge on any atom is -0.396 e. The van der Waals surface area contributed by atoms with Crippen molar-refractivity contribution >= 4 is 61.9 Å². The highest BCUT2D eigenvalue weighted by molar-refractivity contribution is 7.80. The molecule has 0 saturated carbocycles. The van der Waals surface area contributed by atoms with Crippen molar-refractivity contribution < 1.29 is 9.90 Å². The summed E-state index contributed by atoms with van der Waals surface area (Å²) in [4.78, 5) is 15.3. The highest BCUT2D eigenvalue weighted by Crippen LogP contribution is 2.35. The number of carbonyl (C=O) groups excluding carboxylic acids is 1. The zero-order chi connectivity index (χ0) is 21.0. The molecule has 0 aliphatic heterocycles. The third kappa shape index (κ3) is 4.95. The number of thiocarbonyl (C=S) groups is 1. The van der Waals surface area contributed by atoms with Gasteiger partial charge >= 0.3 is 0 Å². The maximum Gasteiger partial charge on any atom is 0.269 e. The summed E-state index contributed by atoms with van der Waals surface area (Å²) in [5, 5.41) is 13.6. The number of hydrogen-bond donors (Lipinski definition) is 2. The Balaban J connectivity index is 1.84. The van der Waals surface area contributed by atoms with Gasteiger partial charge in [0.2, 0.25) is 0 Å². The Morgan fingerprint density at radius 2 is 1.97 bits per heavy atom. The number of nitrogens with one attached hydrogen (secondary N) is 1. The molecule has 0 spiro atoms. The third-order valence-corrected chi connectivity index (χ3v) is 6.64. The lowest BCUT2D eigenvalue weighted by molar-refractivity contribution is 0.0981. The summed E-state index contributed by atoms with van der Waals surface area (Å²) in [6.07, 6.45) is 1.42. The van der Waals surface area contributed by atoms with Crippen molar-refractivity contribution in [3.05, 3.63) is 63.5 Å². The van der Waals surface area contributed by atoms with E-state index < -0.39 is 0 Å². The first-order valence-corrected chi connectivity index (χ1v) is 11.0. The Hall–Kier alpha value is -1.99. The number of hydrogen-bond acceptors (Lipinski definition) is 4. The van der Waals surface area contributed by atoms with Crippen molar-refractivity contribution in [2.45, 2.75) is 26.7 Å². The largest absolute Gasteiger partial charge is 0.396 e. The maximum atomic E-state index is 12.9. The van der Waals surface area contributed by atoms with E-state index in [4.69, 9.17) is 28.9 Å². The number of carbonyl (C=O) groups is 1. The minimum atomic E-state index is -0.307. The van der Waals surface area contributed by atoms with Crippen LogP contribution in [0.4, 0.5) is 5.69 Å². The van der Waals surface area contributed by atoms with Gasteiger partial charge in [-0.15, -0.1) is 11.3 Å². The number of fused-ring (bicyclic) bond motifs is 1. The van der Waals surface area contributed by atoms with Crippen LogP contribution < -0.4 is 10.2 Å². The summed E-state index contributed by atoms with van der Waals surface area (Å²) in [7, 11) is 0. The molecule has 3 rings (SSSR count). The van der Waals surface area contributed by atoms with Crippen LogP contribution in [-0.2, 0) is 0 Å². The van der Waals surface area contributed by atoms with Gasteiger partial charge in [0.05, 0.1) is 5.02 Å². The second kappa shape index (κ2) is 9.67. The van der Waals surface area contributed by atoms with E-state index in [0.29, 0.717) is 28.0 Å². The number of thiophene rings is 1. The number of unbranched alkanes of at least 4 members (excludes halogenated alkanes) is 1. The van der Waals surface area contributed by atoms with Gasteiger partial charge in [0.15, 0.2) is 5.11 Å². The van der Waals surface area contributed by atoms with Crippen molar-refractivity contribution in [3.63, 3.8) is 0 Å². The fourth-order valence-electron chi connectivity index (χ4n) is 3.20. The Kier molecular flexibility index (Phi) is 7.24. The second-order valence-corrected chi connectivity index (χ2v) is 8.69. The summed E-state index contributed by atoms with van der Waals surface area (Å²) < 4.78 is 0.961. The Bertz CT molecular complexity index is 1050. The Morgan fingerprint density at radius 3 is 2.66 bits per heavy atom. The van der Waals surface area contributed by atoms with Crippen LogP contribution in [0.25, 0.3) is 10.1 Å². The molecule has 0 saturated heterocycles. The standard InChI is InChI=1S/C22H23ClN2O2S2/c1-14-9-10-17(15(2)13-14)25(11-5-6-12-26)22(28)24-21(27)20-19(23)16-7-3-4-8-18(16)29-20/h3-4,7-10,13,26H,5-6,11-12H2,1-2H3,(H,24,27,28). The summed E-state index contributed by atoms with van der Waals surface area (Å²) in [5.74, 6) is -0.307. The average molecular weight is 447 g/mol. The van der Waals surface area contributed by atoms with Crippen LogP contribution in [0.5, 0.6) is 0 Å². The molecule has 2 aromatic carbocycles. The topological polar surface area (TPSA) is 52.6 Å². The van der Waals surface area contributed by atoms with Crippen LogP contribution in [0, 0.1) is 13.8 Å². The highest BCUT2D eigenvalue weighted by atomic mass is 35.5. The average Bonchev–Trinajstić information content (AvgIpc) is 3.03. The van der Waals surface area contributed by atoms with Gasteiger partial charge in [0.25, 0.3) is 5.91 Å².